The van der Waals surface area contributed by atoms with Gasteiger partial charge in [-0.2, -0.15) is 0 Å². The molecule has 0 aliphatic carbocycles. The normalized spacial score (nSPS) is 10.3. The molecule has 0 saturated carbocycles. The molecular formula is C19H26. The molecule has 0 radical (unpaired) electrons. The minimum absolute atomic E-state index is 0.654. The summed E-state index contributed by atoms with van der Waals surface area (Å²) < 4.78 is 0. The molecule has 2 rings (SSSR count). The number of rotatable bonds is 2. The molecular weight excluding hydrogens is 228 g/mol. The van der Waals surface area contributed by atoms with Crippen molar-refractivity contribution in [3.05, 3.63) is 71.3 Å². The molecule has 0 nitrogen and oxygen atoms in total. The van der Waals surface area contributed by atoms with E-state index in [2.05, 4.69) is 83.1 Å². The van der Waals surface area contributed by atoms with E-state index in [0.717, 1.165) is 0 Å². The van der Waals surface area contributed by atoms with Crippen LogP contribution in [0.4, 0.5) is 0 Å². The Morgan fingerprint density at radius 1 is 0.632 bits per heavy atom. The van der Waals surface area contributed by atoms with Crippen LogP contribution in [0.5, 0.6) is 0 Å². The van der Waals surface area contributed by atoms with E-state index in [4.69, 9.17) is 0 Å². The molecule has 0 bridgehead atoms. The van der Waals surface area contributed by atoms with Gasteiger partial charge in [0.2, 0.25) is 0 Å². The zero-order valence-electron chi connectivity index (χ0n) is 12.9. The van der Waals surface area contributed by atoms with Crippen LogP contribution in [0.25, 0.3) is 0 Å². The molecule has 0 unspecified atom stereocenters. The molecule has 0 spiro atoms. The summed E-state index contributed by atoms with van der Waals surface area (Å²) in [5.74, 6) is 1.31. The van der Waals surface area contributed by atoms with Gasteiger partial charge in [0.25, 0.3) is 0 Å². The second kappa shape index (κ2) is 7.78. The maximum Gasteiger partial charge on any atom is -0.0216 e. The smallest absolute Gasteiger partial charge is 0.0216 e. The topological polar surface area (TPSA) is 0 Å². The molecule has 0 atom stereocenters. The van der Waals surface area contributed by atoms with Gasteiger partial charge >= 0.3 is 0 Å². The van der Waals surface area contributed by atoms with Crippen molar-refractivity contribution in [2.45, 2.75) is 46.5 Å². The Hall–Kier alpha value is -1.56. The summed E-state index contributed by atoms with van der Waals surface area (Å²) in [4.78, 5) is 0. The lowest BCUT2D eigenvalue weighted by Gasteiger charge is -2.07. The molecule has 0 aliphatic rings. The molecule has 0 fully saturated rings. The molecule has 0 saturated heterocycles. The Morgan fingerprint density at radius 3 is 1.53 bits per heavy atom. The van der Waals surface area contributed by atoms with Crippen molar-refractivity contribution < 1.29 is 0 Å². The summed E-state index contributed by atoms with van der Waals surface area (Å²) >= 11 is 0. The third kappa shape index (κ3) is 5.30. The summed E-state index contributed by atoms with van der Waals surface area (Å²) in [6.45, 7) is 11.0. The minimum Gasteiger partial charge on any atom is -0.0622 e. The molecule has 0 N–H and O–H groups in total. The average molecular weight is 254 g/mol. The molecule has 0 amide bonds. The second-order valence-electron chi connectivity index (χ2n) is 5.58. The summed E-state index contributed by atoms with van der Waals surface area (Å²) in [6, 6.07) is 19.1. The molecule has 2 aromatic carbocycles. The van der Waals surface area contributed by atoms with Crippen LogP contribution >= 0.6 is 0 Å². The van der Waals surface area contributed by atoms with Gasteiger partial charge in [-0.3, -0.25) is 0 Å². The standard InChI is InChI=1S/C10H14.C9H12/c1-8(2)10-7-5-4-6-9(10)3;1-8(2)9-6-4-3-5-7-9/h4-8H,1-3H3;3-8H,1-2H3. The number of hydrogen-bond donors (Lipinski definition) is 0. The van der Waals surface area contributed by atoms with Gasteiger partial charge in [0.15, 0.2) is 0 Å². The third-order valence-corrected chi connectivity index (χ3v) is 3.28. The zero-order valence-corrected chi connectivity index (χ0v) is 12.9. The van der Waals surface area contributed by atoms with Gasteiger partial charge in [-0.1, -0.05) is 82.3 Å². The Kier molecular flexibility index (Phi) is 6.35. The van der Waals surface area contributed by atoms with Crippen molar-refractivity contribution in [3.8, 4) is 0 Å². The molecule has 0 aliphatic heterocycles. The summed E-state index contributed by atoms with van der Waals surface area (Å²) in [6.07, 6.45) is 0. The summed E-state index contributed by atoms with van der Waals surface area (Å²) in [7, 11) is 0. The predicted octanol–water partition coefficient (Wildman–Crippen LogP) is 5.93. The Labute approximate surface area is 118 Å². The first-order valence-electron chi connectivity index (χ1n) is 7.12. The van der Waals surface area contributed by atoms with Crippen LogP contribution in [0.2, 0.25) is 0 Å². The number of benzene rings is 2. The van der Waals surface area contributed by atoms with Gasteiger partial charge in [-0.15, -0.1) is 0 Å². The fraction of sp³-hybridized carbons (Fsp3) is 0.368. The quantitative estimate of drug-likeness (QED) is 0.623. The van der Waals surface area contributed by atoms with E-state index in [9.17, 15) is 0 Å². The molecule has 0 heteroatoms. The summed E-state index contributed by atoms with van der Waals surface area (Å²) in [5, 5.41) is 0. The maximum absolute atomic E-state index is 2.22. The van der Waals surface area contributed by atoms with E-state index in [-0.39, 0.29) is 0 Å². The van der Waals surface area contributed by atoms with Gasteiger partial charge in [-0.25, -0.2) is 0 Å². The fourth-order valence-electron chi connectivity index (χ4n) is 2.07. The van der Waals surface area contributed by atoms with E-state index < -0.39 is 0 Å². The first-order valence-corrected chi connectivity index (χ1v) is 7.12. The van der Waals surface area contributed by atoms with Crippen LogP contribution in [0, 0.1) is 6.92 Å². The van der Waals surface area contributed by atoms with Crippen LogP contribution in [0.15, 0.2) is 54.6 Å². The molecule has 0 heterocycles. The van der Waals surface area contributed by atoms with Crippen molar-refractivity contribution in [2.24, 2.45) is 0 Å². The highest BCUT2D eigenvalue weighted by atomic mass is 14.0. The third-order valence-electron chi connectivity index (χ3n) is 3.28. The lowest BCUT2D eigenvalue weighted by molar-refractivity contribution is 0.856. The van der Waals surface area contributed by atoms with E-state index >= 15 is 0 Å². The van der Waals surface area contributed by atoms with Gasteiger partial charge in [0.1, 0.15) is 0 Å². The largest absolute Gasteiger partial charge is 0.0622 e. The van der Waals surface area contributed by atoms with Crippen LogP contribution in [-0.2, 0) is 0 Å². The van der Waals surface area contributed by atoms with Crippen molar-refractivity contribution in [1.82, 2.24) is 0 Å². The molecule has 2 aromatic rings. The highest BCUT2D eigenvalue weighted by Gasteiger charge is 1.99. The summed E-state index contributed by atoms with van der Waals surface area (Å²) in [5.41, 5.74) is 4.28. The van der Waals surface area contributed by atoms with E-state index in [0.29, 0.717) is 11.8 Å². The molecule has 0 aromatic heterocycles. The Bertz CT molecular complexity index is 466. The lowest BCUT2D eigenvalue weighted by Crippen LogP contribution is -1.89. The van der Waals surface area contributed by atoms with Crippen molar-refractivity contribution in [2.75, 3.05) is 0 Å². The van der Waals surface area contributed by atoms with Crippen LogP contribution in [-0.4, -0.2) is 0 Å². The van der Waals surface area contributed by atoms with Crippen LogP contribution < -0.4 is 0 Å². The minimum atomic E-state index is 0.654. The Balaban J connectivity index is 0.000000191. The first kappa shape index (κ1) is 15.5. The van der Waals surface area contributed by atoms with Crippen molar-refractivity contribution >= 4 is 0 Å². The van der Waals surface area contributed by atoms with Crippen molar-refractivity contribution in [1.29, 1.82) is 0 Å². The van der Waals surface area contributed by atoms with E-state index in [1.807, 2.05) is 6.07 Å². The number of hydrogen-bond acceptors (Lipinski definition) is 0. The molecule has 19 heavy (non-hydrogen) atoms. The fourth-order valence-corrected chi connectivity index (χ4v) is 2.07. The van der Waals surface area contributed by atoms with Gasteiger partial charge in [0, 0.05) is 0 Å². The second-order valence-corrected chi connectivity index (χ2v) is 5.58. The SMILES string of the molecule is CC(C)c1ccccc1.Cc1ccccc1C(C)C. The monoisotopic (exact) mass is 254 g/mol. The van der Waals surface area contributed by atoms with E-state index in [1.54, 1.807) is 0 Å². The highest BCUT2D eigenvalue weighted by Crippen LogP contribution is 2.17. The zero-order chi connectivity index (χ0) is 14.3. The van der Waals surface area contributed by atoms with Gasteiger partial charge < -0.3 is 0 Å². The Morgan fingerprint density at radius 2 is 1.16 bits per heavy atom. The number of aryl methyl sites for hydroxylation is 1. The average Bonchev–Trinajstić information content (AvgIpc) is 2.40. The first-order chi connectivity index (χ1) is 9.02. The van der Waals surface area contributed by atoms with Crippen molar-refractivity contribution in [3.63, 3.8) is 0 Å². The van der Waals surface area contributed by atoms with Gasteiger partial charge in [0.05, 0.1) is 0 Å². The predicted molar refractivity (Wildman–Crippen MR) is 85.8 cm³/mol. The van der Waals surface area contributed by atoms with Crippen LogP contribution in [0.3, 0.4) is 0 Å². The lowest BCUT2D eigenvalue weighted by atomic mass is 9.99. The maximum atomic E-state index is 2.22. The van der Waals surface area contributed by atoms with Gasteiger partial charge in [-0.05, 0) is 35.4 Å². The van der Waals surface area contributed by atoms with Crippen LogP contribution in [0.1, 0.15) is 56.2 Å². The highest BCUT2D eigenvalue weighted by molar-refractivity contribution is 5.27. The molecule has 102 valence electrons. The van der Waals surface area contributed by atoms with E-state index in [1.165, 1.54) is 16.7 Å².